The predicted molar refractivity (Wildman–Crippen MR) is 126 cm³/mol. The van der Waals surface area contributed by atoms with Crippen molar-refractivity contribution in [3.63, 3.8) is 0 Å². The van der Waals surface area contributed by atoms with Crippen LogP contribution in [0.3, 0.4) is 0 Å². The molecule has 0 bridgehead atoms. The molecule has 1 saturated heterocycles. The van der Waals surface area contributed by atoms with E-state index in [0.717, 1.165) is 64.6 Å². The van der Waals surface area contributed by atoms with Crippen molar-refractivity contribution in [2.75, 3.05) is 60.5 Å². The lowest BCUT2D eigenvalue weighted by Crippen LogP contribution is -2.45. The number of ether oxygens (including phenoxy) is 1. The summed E-state index contributed by atoms with van der Waals surface area (Å²) >= 11 is 0. The highest BCUT2D eigenvalue weighted by atomic mass is 127. The average Bonchev–Trinajstić information content (AvgIpc) is 2.68. The van der Waals surface area contributed by atoms with Crippen LogP contribution in [0.15, 0.2) is 40.9 Å². The molecule has 6 heteroatoms. The molecule has 0 unspecified atom stereocenters. The second-order valence-electron chi connectivity index (χ2n) is 6.82. The first-order valence-corrected chi connectivity index (χ1v) is 9.60. The largest absolute Gasteiger partial charge is 0.383 e. The van der Waals surface area contributed by atoms with Gasteiger partial charge in [-0.15, -0.1) is 24.0 Å². The highest BCUT2D eigenvalue weighted by Crippen LogP contribution is 2.19. The molecule has 1 fully saturated rings. The van der Waals surface area contributed by atoms with E-state index in [2.05, 4.69) is 63.6 Å². The number of piperidine rings is 1. The zero-order chi connectivity index (χ0) is 18.6. The van der Waals surface area contributed by atoms with Crippen molar-refractivity contribution in [1.29, 1.82) is 0 Å². The highest BCUT2D eigenvalue weighted by molar-refractivity contribution is 14.0. The monoisotopic (exact) mass is 486 g/mol. The standard InChI is InChI=1S/C21H34N4O.HI/c1-22-21(23-12-7-13-24(2)16-17-26-3)25-14-10-20(11-15-25)18-19-8-5-4-6-9-19;/h4-6,8-9,18H,7,10-17H2,1-3H3,(H,22,23);1H. The smallest absolute Gasteiger partial charge is 0.193 e. The van der Waals surface area contributed by atoms with Crippen LogP contribution in [-0.2, 0) is 4.74 Å². The summed E-state index contributed by atoms with van der Waals surface area (Å²) in [7, 11) is 5.76. The van der Waals surface area contributed by atoms with Gasteiger partial charge in [0.1, 0.15) is 0 Å². The molecule has 1 N–H and O–H groups in total. The normalized spacial score (nSPS) is 14.9. The number of aliphatic imine (C=N–C) groups is 1. The van der Waals surface area contributed by atoms with Crippen molar-refractivity contribution in [2.45, 2.75) is 19.3 Å². The van der Waals surface area contributed by atoms with Gasteiger partial charge in [0.05, 0.1) is 6.61 Å². The summed E-state index contributed by atoms with van der Waals surface area (Å²) < 4.78 is 5.11. The zero-order valence-corrected chi connectivity index (χ0v) is 19.3. The summed E-state index contributed by atoms with van der Waals surface area (Å²) in [5.41, 5.74) is 2.83. The van der Waals surface area contributed by atoms with Crippen LogP contribution in [0.5, 0.6) is 0 Å². The van der Waals surface area contributed by atoms with E-state index < -0.39 is 0 Å². The molecule has 0 atom stereocenters. The Morgan fingerprint density at radius 2 is 1.93 bits per heavy atom. The van der Waals surface area contributed by atoms with Crippen LogP contribution in [0.2, 0.25) is 0 Å². The maximum atomic E-state index is 5.11. The lowest BCUT2D eigenvalue weighted by molar-refractivity contribution is 0.161. The van der Waals surface area contributed by atoms with Crippen molar-refractivity contribution in [1.82, 2.24) is 15.1 Å². The Morgan fingerprint density at radius 3 is 2.56 bits per heavy atom. The number of rotatable bonds is 8. The van der Waals surface area contributed by atoms with Gasteiger partial charge in [0, 0.05) is 40.3 Å². The lowest BCUT2D eigenvalue weighted by atomic mass is 10.0. The topological polar surface area (TPSA) is 40.1 Å². The number of hydrogen-bond donors (Lipinski definition) is 1. The molecule has 152 valence electrons. The van der Waals surface area contributed by atoms with Gasteiger partial charge in [0.2, 0.25) is 0 Å². The first kappa shape index (κ1) is 23.9. The van der Waals surface area contributed by atoms with Crippen molar-refractivity contribution in [3.8, 4) is 0 Å². The second-order valence-corrected chi connectivity index (χ2v) is 6.82. The summed E-state index contributed by atoms with van der Waals surface area (Å²) in [5.74, 6) is 1.03. The number of nitrogens with one attached hydrogen (secondary N) is 1. The number of guanidine groups is 1. The molecule has 27 heavy (non-hydrogen) atoms. The Kier molecular flexibility index (Phi) is 12.4. The Hall–Kier alpha value is -1.12. The number of benzene rings is 1. The number of halogens is 1. The van der Waals surface area contributed by atoms with E-state index >= 15 is 0 Å². The van der Waals surface area contributed by atoms with Gasteiger partial charge < -0.3 is 19.9 Å². The van der Waals surface area contributed by atoms with Gasteiger partial charge in [-0.1, -0.05) is 42.0 Å². The van der Waals surface area contributed by atoms with E-state index in [1.54, 1.807) is 7.11 Å². The van der Waals surface area contributed by atoms with Gasteiger partial charge in [0.25, 0.3) is 0 Å². The molecular formula is C21H35IN4O. The first-order chi connectivity index (χ1) is 12.7. The molecule has 1 aliphatic rings. The van der Waals surface area contributed by atoms with E-state index in [1.165, 1.54) is 11.1 Å². The molecule has 0 saturated carbocycles. The summed E-state index contributed by atoms with van der Waals surface area (Å²) in [4.78, 5) is 9.14. The number of methoxy groups -OCH3 is 1. The van der Waals surface area contributed by atoms with Gasteiger partial charge in [0.15, 0.2) is 5.96 Å². The third-order valence-electron chi connectivity index (χ3n) is 4.76. The first-order valence-electron chi connectivity index (χ1n) is 9.60. The van der Waals surface area contributed by atoms with Gasteiger partial charge in [-0.2, -0.15) is 0 Å². The molecule has 1 aromatic carbocycles. The third-order valence-corrected chi connectivity index (χ3v) is 4.76. The second kappa shape index (κ2) is 14.0. The van der Waals surface area contributed by atoms with Crippen LogP contribution in [0, 0.1) is 0 Å². The highest BCUT2D eigenvalue weighted by Gasteiger charge is 2.16. The molecule has 0 spiro atoms. The number of nitrogens with zero attached hydrogens (tertiary/aromatic N) is 3. The van der Waals surface area contributed by atoms with Gasteiger partial charge in [-0.25, -0.2) is 0 Å². The van der Waals surface area contributed by atoms with Crippen molar-refractivity contribution >= 4 is 36.0 Å². The SMILES string of the molecule is CN=C(NCCCN(C)CCOC)N1CCC(=Cc2ccccc2)CC1.I. The molecule has 0 amide bonds. The molecule has 0 aromatic heterocycles. The molecular weight excluding hydrogens is 451 g/mol. The molecule has 1 aliphatic heterocycles. The fraction of sp³-hybridized carbons (Fsp3) is 0.571. The third kappa shape index (κ3) is 9.08. The van der Waals surface area contributed by atoms with Crippen LogP contribution >= 0.6 is 24.0 Å². The average molecular weight is 486 g/mol. The minimum atomic E-state index is 0. The molecule has 2 rings (SSSR count). The summed E-state index contributed by atoms with van der Waals surface area (Å²) in [6.07, 6.45) is 5.65. The van der Waals surface area contributed by atoms with Gasteiger partial charge >= 0.3 is 0 Å². The Morgan fingerprint density at radius 1 is 1.22 bits per heavy atom. The number of hydrogen-bond acceptors (Lipinski definition) is 3. The quantitative estimate of drug-likeness (QED) is 0.265. The summed E-state index contributed by atoms with van der Waals surface area (Å²) in [6, 6.07) is 10.6. The van der Waals surface area contributed by atoms with Crippen LogP contribution in [0.25, 0.3) is 6.08 Å². The molecule has 0 aliphatic carbocycles. The Balaban J connectivity index is 0.00000364. The number of likely N-dealkylation sites (N-methyl/N-ethyl adjacent to an activating group) is 1. The van der Waals surface area contributed by atoms with Gasteiger partial charge in [-0.3, -0.25) is 4.99 Å². The van der Waals surface area contributed by atoms with Crippen LogP contribution in [0.4, 0.5) is 0 Å². The van der Waals surface area contributed by atoms with Crippen molar-refractivity contribution in [2.24, 2.45) is 4.99 Å². The zero-order valence-electron chi connectivity index (χ0n) is 17.0. The van der Waals surface area contributed by atoms with E-state index in [-0.39, 0.29) is 24.0 Å². The Labute approximate surface area is 181 Å². The van der Waals surface area contributed by atoms with E-state index in [9.17, 15) is 0 Å². The molecule has 1 heterocycles. The van der Waals surface area contributed by atoms with Crippen molar-refractivity contribution in [3.05, 3.63) is 41.5 Å². The van der Waals surface area contributed by atoms with E-state index in [0.29, 0.717) is 0 Å². The van der Waals surface area contributed by atoms with Crippen LogP contribution < -0.4 is 5.32 Å². The van der Waals surface area contributed by atoms with E-state index in [4.69, 9.17) is 4.74 Å². The maximum Gasteiger partial charge on any atom is 0.193 e. The minimum absolute atomic E-state index is 0. The lowest BCUT2D eigenvalue weighted by Gasteiger charge is -2.31. The summed E-state index contributed by atoms with van der Waals surface area (Å²) in [5, 5.41) is 3.51. The minimum Gasteiger partial charge on any atom is -0.383 e. The van der Waals surface area contributed by atoms with Crippen LogP contribution in [-0.4, -0.2) is 76.3 Å². The maximum absolute atomic E-state index is 5.11. The fourth-order valence-corrected chi connectivity index (χ4v) is 3.18. The van der Waals surface area contributed by atoms with Crippen LogP contribution in [0.1, 0.15) is 24.8 Å². The van der Waals surface area contributed by atoms with Crippen molar-refractivity contribution < 1.29 is 4.74 Å². The predicted octanol–water partition coefficient (Wildman–Crippen LogP) is 3.33. The molecule has 5 nitrogen and oxygen atoms in total. The molecule has 1 aromatic rings. The van der Waals surface area contributed by atoms with Gasteiger partial charge in [-0.05, 0) is 38.4 Å². The Bertz CT molecular complexity index is 567. The van der Waals surface area contributed by atoms with E-state index in [1.807, 2.05) is 7.05 Å². The molecule has 0 radical (unpaired) electrons. The fourth-order valence-electron chi connectivity index (χ4n) is 3.18. The summed E-state index contributed by atoms with van der Waals surface area (Å²) in [6.45, 7) is 5.86. The number of likely N-dealkylation sites (tertiary alicyclic amines) is 1.